The van der Waals surface area contributed by atoms with Crippen LogP contribution >= 0.6 is 11.6 Å². The molecule has 0 aliphatic carbocycles. The molecule has 2 aromatic rings. The molecule has 0 spiro atoms. The molecular weight excluding hydrogens is 298 g/mol. The van der Waals surface area contributed by atoms with Crippen molar-refractivity contribution in [2.45, 2.75) is 39.2 Å². The zero-order valence-electron chi connectivity index (χ0n) is 13.3. The molecule has 0 aliphatic rings. The van der Waals surface area contributed by atoms with Gasteiger partial charge in [0.05, 0.1) is 12.2 Å². The van der Waals surface area contributed by atoms with E-state index in [2.05, 4.69) is 4.98 Å². The lowest BCUT2D eigenvalue weighted by Crippen LogP contribution is -2.19. The molecule has 0 atom stereocenters. The number of pyridine rings is 1. The van der Waals surface area contributed by atoms with Crippen LogP contribution in [0.3, 0.4) is 0 Å². The van der Waals surface area contributed by atoms with Crippen molar-refractivity contribution in [3.05, 3.63) is 47.2 Å². The number of benzene rings is 1. The number of hydrogen-bond donors (Lipinski definition) is 1. The summed E-state index contributed by atoms with van der Waals surface area (Å²) >= 11 is 6.30. The van der Waals surface area contributed by atoms with Gasteiger partial charge in [0.1, 0.15) is 5.75 Å². The highest BCUT2D eigenvalue weighted by atomic mass is 35.5. The van der Waals surface area contributed by atoms with Crippen molar-refractivity contribution in [3.8, 4) is 16.9 Å². The summed E-state index contributed by atoms with van der Waals surface area (Å²) in [6.07, 6.45) is 3.28. The summed E-state index contributed by atoms with van der Waals surface area (Å²) in [5.41, 5.74) is 2.26. The Morgan fingerprint density at radius 1 is 1.23 bits per heavy atom. The molecule has 0 amide bonds. The standard InChI is InChI=1S/C18H22ClNO2/c1-13-11-14(7-9-20-13)16-12-15(5-6-17(16)19)22-10-4-8-18(2,3)21/h5-7,9,11-12,21H,4,8,10H2,1-3H3. The summed E-state index contributed by atoms with van der Waals surface area (Å²) in [5, 5.41) is 10.4. The van der Waals surface area contributed by atoms with Crippen LogP contribution in [0.5, 0.6) is 5.75 Å². The minimum absolute atomic E-state index is 0.570. The zero-order chi connectivity index (χ0) is 16.2. The van der Waals surface area contributed by atoms with Gasteiger partial charge in [0, 0.05) is 22.5 Å². The van der Waals surface area contributed by atoms with Gasteiger partial charge < -0.3 is 9.84 Å². The Hall–Kier alpha value is -1.58. The molecule has 3 nitrogen and oxygen atoms in total. The van der Waals surface area contributed by atoms with Crippen molar-refractivity contribution in [1.29, 1.82) is 0 Å². The molecule has 1 aromatic carbocycles. The molecule has 0 fully saturated rings. The first-order valence-corrected chi connectivity index (χ1v) is 7.81. The lowest BCUT2D eigenvalue weighted by atomic mass is 10.0. The Balaban J connectivity index is 2.07. The third kappa shape index (κ3) is 5.00. The van der Waals surface area contributed by atoms with Gasteiger partial charge in [0.25, 0.3) is 0 Å². The van der Waals surface area contributed by atoms with Gasteiger partial charge in [-0.2, -0.15) is 0 Å². The van der Waals surface area contributed by atoms with Crippen LogP contribution in [0.15, 0.2) is 36.5 Å². The van der Waals surface area contributed by atoms with Gasteiger partial charge in [-0.05, 0) is 69.5 Å². The number of halogens is 1. The van der Waals surface area contributed by atoms with Gasteiger partial charge in [0.15, 0.2) is 0 Å². The summed E-state index contributed by atoms with van der Waals surface area (Å²) in [6, 6.07) is 9.59. The highest BCUT2D eigenvalue weighted by Crippen LogP contribution is 2.31. The van der Waals surface area contributed by atoms with Gasteiger partial charge >= 0.3 is 0 Å². The smallest absolute Gasteiger partial charge is 0.120 e. The normalized spacial score (nSPS) is 11.5. The van der Waals surface area contributed by atoms with Crippen LogP contribution in [0.25, 0.3) is 11.1 Å². The SMILES string of the molecule is Cc1cc(-c2cc(OCCCC(C)(C)O)ccc2Cl)ccn1. The molecule has 22 heavy (non-hydrogen) atoms. The molecule has 0 radical (unpaired) electrons. The minimum Gasteiger partial charge on any atom is -0.494 e. The van der Waals surface area contributed by atoms with Crippen LogP contribution in [0.1, 0.15) is 32.4 Å². The fourth-order valence-electron chi connectivity index (χ4n) is 2.22. The van der Waals surface area contributed by atoms with Gasteiger partial charge in [-0.25, -0.2) is 0 Å². The Bertz CT molecular complexity index is 635. The van der Waals surface area contributed by atoms with Crippen molar-refractivity contribution in [3.63, 3.8) is 0 Å². The van der Waals surface area contributed by atoms with Crippen LogP contribution in [0.4, 0.5) is 0 Å². The van der Waals surface area contributed by atoms with Crippen LogP contribution < -0.4 is 4.74 Å². The Kier molecular flexibility index (Phi) is 5.43. The van der Waals surface area contributed by atoms with Gasteiger partial charge in [-0.3, -0.25) is 4.98 Å². The molecule has 2 rings (SSSR count). The summed E-state index contributed by atoms with van der Waals surface area (Å²) in [7, 11) is 0. The van der Waals surface area contributed by atoms with Crippen molar-refractivity contribution in [1.82, 2.24) is 4.98 Å². The molecule has 0 saturated heterocycles. The number of nitrogens with zero attached hydrogens (tertiary/aromatic N) is 1. The molecule has 0 saturated carbocycles. The van der Waals surface area contributed by atoms with Crippen molar-refractivity contribution in [2.75, 3.05) is 6.61 Å². The first-order chi connectivity index (χ1) is 10.3. The highest BCUT2D eigenvalue weighted by Gasteiger charge is 2.12. The molecule has 118 valence electrons. The minimum atomic E-state index is -0.650. The predicted octanol–water partition coefficient (Wildman–Crippen LogP) is 4.64. The lowest BCUT2D eigenvalue weighted by Gasteiger charge is -2.17. The van der Waals surface area contributed by atoms with Crippen LogP contribution in [-0.4, -0.2) is 22.3 Å². The van der Waals surface area contributed by atoms with Crippen LogP contribution in [0, 0.1) is 6.92 Å². The van der Waals surface area contributed by atoms with E-state index in [-0.39, 0.29) is 0 Å². The van der Waals surface area contributed by atoms with E-state index in [1.54, 1.807) is 20.0 Å². The van der Waals surface area contributed by atoms with Gasteiger partial charge in [0.2, 0.25) is 0 Å². The Morgan fingerprint density at radius 2 is 2.00 bits per heavy atom. The second kappa shape index (κ2) is 7.12. The first-order valence-electron chi connectivity index (χ1n) is 7.43. The third-order valence-electron chi connectivity index (χ3n) is 3.35. The number of aliphatic hydroxyl groups is 1. The topological polar surface area (TPSA) is 42.4 Å². The second-order valence-corrected chi connectivity index (χ2v) is 6.50. The molecule has 1 N–H and O–H groups in total. The predicted molar refractivity (Wildman–Crippen MR) is 90.4 cm³/mol. The van der Waals surface area contributed by atoms with Crippen molar-refractivity contribution >= 4 is 11.6 Å². The highest BCUT2D eigenvalue weighted by molar-refractivity contribution is 6.33. The number of aromatic nitrogens is 1. The van der Waals surface area contributed by atoms with E-state index in [9.17, 15) is 5.11 Å². The van der Waals surface area contributed by atoms with E-state index in [1.807, 2.05) is 37.3 Å². The van der Waals surface area contributed by atoms with E-state index in [0.717, 1.165) is 29.0 Å². The summed E-state index contributed by atoms with van der Waals surface area (Å²) in [5.74, 6) is 0.782. The monoisotopic (exact) mass is 319 g/mol. The van der Waals surface area contributed by atoms with E-state index < -0.39 is 5.60 Å². The lowest BCUT2D eigenvalue weighted by molar-refractivity contribution is 0.0641. The fraction of sp³-hybridized carbons (Fsp3) is 0.389. The van der Waals surface area contributed by atoms with Crippen LogP contribution in [0.2, 0.25) is 5.02 Å². The summed E-state index contributed by atoms with van der Waals surface area (Å²) in [4.78, 5) is 4.20. The van der Waals surface area contributed by atoms with Crippen molar-refractivity contribution in [2.24, 2.45) is 0 Å². The number of hydrogen-bond acceptors (Lipinski definition) is 3. The maximum atomic E-state index is 9.69. The van der Waals surface area contributed by atoms with E-state index in [0.29, 0.717) is 18.1 Å². The molecular formula is C18H22ClNO2. The average Bonchev–Trinajstić information content (AvgIpc) is 2.44. The van der Waals surface area contributed by atoms with Gasteiger partial charge in [-0.1, -0.05) is 11.6 Å². The summed E-state index contributed by atoms with van der Waals surface area (Å²) < 4.78 is 5.76. The molecule has 0 bridgehead atoms. The molecule has 0 unspecified atom stereocenters. The maximum Gasteiger partial charge on any atom is 0.120 e. The van der Waals surface area contributed by atoms with E-state index >= 15 is 0 Å². The quantitative estimate of drug-likeness (QED) is 0.789. The van der Waals surface area contributed by atoms with E-state index in [1.165, 1.54) is 0 Å². The van der Waals surface area contributed by atoms with Gasteiger partial charge in [-0.15, -0.1) is 0 Å². The van der Waals surface area contributed by atoms with Crippen LogP contribution in [-0.2, 0) is 0 Å². The molecule has 0 aliphatic heterocycles. The van der Waals surface area contributed by atoms with Crippen molar-refractivity contribution < 1.29 is 9.84 Å². The molecule has 1 heterocycles. The fourth-order valence-corrected chi connectivity index (χ4v) is 2.45. The molecule has 4 heteroatoms. The number of aryl methyl sites for hydroxylation is 1. The maximum absolute atomic E-state index is 9.69. The average molecular weight is 320 g/mol. The summed E-state index contributed by atoms with van der Waals surface area (Å²) in [6.45, 7) is 6.13. The number of rotatable bonds is 6. The number of ether oxygens (including phenoxy) is 1. The Morgan fingerprint density at radius 3 is 2.68 bits per heavy atom. The Labute approximate surface area is 136 Å². The largest absolute Gasteiger partial charge is 0.494 e. The third-order valence-corrected chi connectivity index (χ3v) is 3.68. The first kappa shape index (κ1) is 16.8. The zero-order valence-corrected chi connectivity index (χ0v) is 14.0. The molecule has 1 aromatic heterocycles. The van der Waals surface area contributed by atoms with E-state index in [4.69, 9.17) is 16.3 Å². The second-order valence-electron chi connectivity index (χ2n) is 6.09.